The number of hydrogen-bond donors (Lipinski definition) is 1. The molecule has 7 heteroatoms. The first kappa shape index (κ1) is 14.0. The molecule has 0 saturated heterocycles. The highest BCUT2D eigenvalue weighted by atomic mass is 32.2. The van der Waals surface area contributed by atoms with Crippen LogP contribution in [0, 0.1) is 0 Å². The van der Waals surface area contributed by atoms with Gasteiger partial charge in [0.25, 0.3) is 0 Å². The van der Waals surface area contributed by atoms with Gasteiger partial charge in [0, 0.05) is 19.3 Å². The molecule has 0 aliphatic carbocycles. The van der Waals surface area contributed by atoms with Crippen molar-refractivity contribution in [3.63, 3.8) is 0 Å². The van der Waals surface area contributed by atoms with Crippen LogP contribution in [0.1, 0.15) is 6.92 Å². The fraction of sp³-hybridized carbons (Fsp3) is 0.333. The van der Waals surface area contributed by atoms with Gasteiger partial charge in [-0.2, -0.15) is 0 Å². The number of carbonyl (C=O) groups is 1. The number of aromatic nitrogens is 1. The molecule has 0 spiro atoms. The van der Waals surface area contributed by atoms with Crippen LogP contribution in [0.5, 0.6) is 0 Å². The molecule has 1 heterocycles. The van der Waals surface area contributed by atoms with Crippen molar-refractivity contribution >= 4 is 43.9 Å². The van der Waals surface area contributed by atoms with Crippen molar-refractivity contribution in [3.05, 3.63) is 18.2 Å². The molecular weight excluding hydrogens is 282 g/mol. The summed E-state index contributed by atoms with van der Waals surface area (Å²) in [6.07, 6.45) is 0. The summed E-state index contributed by atoms with van der Waals surface area (Å²) in [5.41, 5.74) is 7.10. The Morgan fingerprint density at radius 3 is 2.95 bits per heavy atom. The van der Waals surface area contributed by atoms with Crippen molar-refractivity contribution in [1.29, 1.82) is 0 Å². The van der Waals surface area contributed by atoms with Gasteiger partial charge in [0.05, 0.1) is 21.0 Å². The van der Waals surface area contributed by atoms with Crippen LogP contribution < -0.4 is 5.73 Å². The van der Waals surface area contributed by atoms with Gasteiger partial charge in [-0.25, -0.2) is 4.98 Å². The van der Waals surface area contributed by atoms with E-state index in [0.29, 0.717) is 16.6 Å². The standard InChI is InChI=1S/C12H15N3O2S2/c1-3-15(2)11(16)7-19(17)12-14-9-5-4-8(13)6-10(9)18-12/h4-6H,3,7,13H2,1-2H3. The Morgan fingerprint density at radius 1 is 1.53 bits per heavy atom. The molecule has 1 aromatic heterocycles. The van der Waals surface area contributed by atoms with Crippen molar-refractivity contribution in [2.24, 2.45) is 0 Å². The first-order chi connectivity index (χ1) is 9.01. The van der Waals surface area contributed by atoms with Crippen molar-refractivity contribution in [2.75, 3.05) is 25.1 Å². The van der Waals surface area contributed by atoms with Crippen molar-refractivity contribution in [1.82, 2.24) is 9.88 Å². The largest absolute Gasteiger partial charge is 0.399 e. The molecule has 102 valence electrons. The molecule has 2 N–H and O–H groups in total. The molecule has 1 unspecified atom stereocenters. The highest BCUT2D eigenvalue weighted by Crippen LogP contribution is 2.26. The summed E-state index contributed by atoms with van der Waals surface area (Å²) in [7, 11) is 0.293. The van der Waals surface area contributed by atoms with Crippen molar-refractivity contribution < 1.29 is 9.00 Å². The van der Waals surface area contributed by atoms with E-state index in [2.05, 4.69) is 4.98 Å². The highest BCUT2D eigenvalue weighted by Gasteiger charge is 2.16. The van der Waals surface area contributed by atoms with Crippen LogP contribution in [0.3, 0.4) is 0 Å². The lowest BCUT2D eigenvalue weighted by Crippen LogP contribution is -2.30. The van der Waals surface area contributed by atoms with Gasteiger partial charge in [0.1, 0.15) is 5.75 Å². The van der Waals surface area contributed by atoms with E-state index in [9.17, 15) is 9.00 Å². The second-order valence-corrected chi connectivity index (χ2v) is 6.76. The summed E-state index contributed by atoms with van der Waals surface area (Å²) in [5, 5.41) is 0. The summed E-state index contributed by atoms with van der Waals surface area (Å²) in [6.45, 7) is 2.48. The number of fused-ring (bicyclic) bond motifs is 1. The number of nitrogen functional groups attached to an aromatic ring is 1. The molecule has 1 aromatic carbocycles. The first-order valence-corrected chi connectivity index (χ1v) is 7.93. The zero-order valence-corrected chi connectivity index (χ0v) is 12.4. The monoisotopic (exact) mass is 297 g/mol. The minimum atomic E-state index is -1.40. The van der Waals surface area contributed by atoms with Crippen LogP contribution in [-0.2, 0) is 15.6 Å². The Hall–Kier alpha value is -1.47. The molecule has 0 aliphatic heterocycles. The topological polar surface area (TPSA) is 76.3 Å². The smallest absolute Gasteiger partial charge is 0.235 e. The SMILES string of the molecule is CCN(C)C(=O)CS(=O)c1nc2ccc(N)cc2s1. The quantitative estimate of drug-likeness (QED) is 0.867. The Kier molecular flexibility index (Phi) is 4.16. The number of anilines is 1. The lowest BCUT2D eigenvalue weighted by Gasteiger charge is -2.12. The van der Waals surface area contributed by atoms with Crippen LogP contribution in [-0.4, -0.2) is 39.3 Å². The van der Waals surface area contributed by atoms with Gasteiger partial charge in [-0.05, 0) is 25.1 Å². The molecule has 0 bridgehead atoms. The molecule has 0 saturated carbocycles. The van der Waals surface area contributed by atoms with E-state index in [0.717, 1.165) is 10.2 Å². The van der Waals surface area contributed by atoms with Gasteiger partial charge in [0.2, 0.25) is 5.91 Å². The molecule has 5 nitrogen and oxygen atoms in total. The fourth-order valence-corrected chi connectivity index (χ4v) is 3.81. The molecule has 0 aliphatic rings. The zero-order valence-electron chi connectivity index (χ0n) is 10.8. The van der Waals surface area contributed by atoms with Crippen LogP contribution in [0.2, 0.25) is 0 Å². The number of thiazole rings is 1. The summed E-state index contributed by atoms with van der Waals surface area (Å²) in [4.78, 5) is 17.5. The minimum absolute atomic E-state index is 0.0281. The van der Waals surface area contributed by atoms with Crippen LogP contribution in [0.4, 0.5) is 5.69 Å². The maximum Gasteiger partial charge on any atom is 0.235 e. The summed E-state index contributed by atoms with van der Waals surface area (Å²) in [6, 6.07) is 5.35. The molecule has 2 rings (SSSR count). The van der Waals surface area contributed by atoms with E-state index in [1.165, 1.54) is 11.3 Å². The molecular formula is C12H15N3O2S2. The summed E-state index contributed by atoms with van der Waals surface area (Å²) >= 11 is 1.32. The molecule has 1 atom stereocenters. The Labute approximate surface area is 117 Å². The van der Waals surface area contributed by atoms with Crippen molar-refractivity contribution in [2.45, 2.75) is 11.3 Å². The second-order valence-electron chi connectivity index (χ2n) is 4.10. The maximum absolute atomic E-state index is 12.1. The third-order valence-corrected chi connectivity index (χ3v) is 5.35. The highest BCUT2D eigenvalue weighted by molar-refractivity contribution is 7.88. The van der Waals surface area contributed by atoms with E-state index < -0.39 is 10.8 Å². The van der Waals surface area contributed by atoms with E-state index in [4.69, 9.17) is 5.73 Å². The predicted molar refractivity (Wildman–Crippen MR) is 78.6 cm³/mol. The van der Waals surface area contributed by atoms with Gasteiger partial charge >= 0.3 is 0 Å². The van der Waals surface area contributed by atoms with Crippen LogP contribution in [0.25, 0.3) is 10.2 Å². The van der Waals surface area contributed by atoms with E-state index in [1.54, 1.807) is 30.1 Å². The van der Waals surface area contributed by atoms with Gasteiger partial charge in [-0.3, -0.25) is 9.00 Å². The number of benzene rings is 1. The molecule has 0 radical (unpaired) electrons. The molecule has 2 aromatic rings. The number of nitrogens with two attached hydrogens (primary N) is 1. The van der Waals surface area contributed by atoms with E-state index >= 15 is 0 Å². The number of carbonyl (C=O) groups excluding carboxylic acids is 1. The molecule has 1 amide bonds. The Balaban J connectivity index is 2.20. The normalized spacial score (nSPS) is 12.5. The summed E-state index contributed by atoms with van der Waals surface area (Å²) < 4.78 is 13.5. The van der Waals surface area contributed by atoms with E-state index in [1.807, 2.05) is 6.92 Å². The first-order valence-electron chi connectivity index (χ1n) is 5.79. The average molecular weight is 297 g/mol. The third kappa shape index (κ3) is 3.10. The van der Waals surface area contributed by atoms with Crippen molar-refractivity contribution in [3.8, 4) is 0 Å². The number of nitrogens with zero attached hydrogens (tertiary/aromatic N) is 2. The van der Waals surface area contributed by atoms with Crippen LogP contribution >= 0.6 is 11.3 Å². The average Bonchev–Trinajstić information content (AvgIpc) is 2.80. The lowest BCUT2D eigenvalue weighted by atomic mass is 10.3. The molecule has 0 fully saturated rings. The number of amides is 1. The van der Waals surface area contributed by atoms with Gasteiger partial charge in [-0.15, -0.1) is 11.3 Å². The number of rotatable bonds is 4. The minimum Gasteiger partial charge on any atom is -0.399 e. The Morgan fingerprint density at radius 2 is 2.26 bits per heavy atom. The van der Waals surface area contributed by atoms with Crippen LogP contribution in [0.15, 0.2) is 22.5 Å². The second kappa shape index (κ2) is 5.66. The Bertz CT molecular complexity index is 639. The number of hydrogen-bond acceptors (Lipinski definition) is 5. The zero-order chi connectivity index (χ0) is 14.0. The third-order valence-electron chi connectivity index (χ3n) is 2.74. The van der Waals surface area contributed by atoms with Gasteiger partial charge < -0.3 is 10.6 Å². The maximum atomic E-state index is 12.1. The van der Waals surface area contributed by atoms with Gasteiger partial charge in [-0.1, -0.05) is 0 Å². The predicted octanol–water partition coefficient (Wildman–Crippen LogP) is 1.46. The lowest BCUT2D eigenvalue weighted by molar-refractivity contribution is -0.126. The van der Waals surface area contributed by atoms with E-state index in [-0.39, 0.29) is 11.7 Å². The van der Waals surface area contributed by atoms with Gasteiger partial charge in [0.15, 0.2) is 4.34 Å². The fourth-order valence-electron chi connectivity index (χ4n) is 1.48. The molecule has 19 heavy (non-hydrogen) atoms. The summed E-state index contributed by atoms with van der Waals surface area (Å²) in [5.74, 6) is -0.167.